The zero-order valence-corrected chi connectivity index (χ0v) is 15.2. The number of hydrogen-bond acceptors (Lipinski definition) is 5. The fourth-order valence-corrected chi connectivity index (χ4v) is 3.12. The lowest BCUT2D eigenvalue weighted by Crippen LogP contribution is -2.12. The van der Waals surface area contributed by atoms with Crippen LogP contribution in [-0.2, 0) is 6.42 Å². The van der Waals surface area contributed by atoms with Gasteiger partial charge in [0.05, 0.1) is 6.42 Å². The molecule has 3 rings (SSSR count). The first-order valence-corrected chi connectivity index (χ1v) is 9.02. The Hall–Kier alpha value is -2.67. The van der Waals surface area contributed by atoms with Gasteiger partial charge in [-0.1, -0.05) is 31.1 Å². The standard InChI is InChI=1S/C19H18FN3O2S/c1-12(2)26-16-9-5-14(6-10-16)18(24)21-19-23-22-17(25-19)11-13-3-7-15(20)8-4-13/h3-10,12H,11H2,1-2H3,(H,21,23,24). The lowest BCUT2D eigenvalue weighted by Gasteiger charge is -2.05. The lowest BCUT2D eigenvalue weighted by atomic mass is 10.1. The summed E-state index contributed by atoms with van der Waals surface area (Å²) >= 11 is 1.73. The summed E-state index contributed by atoms with van der Waals surface area (Å²) in [6.07, 6.45) is 0.365. The molecule has 26 heavy (non-hydrogen) atoms. The number of carbonyl (C=O) groups is 1. The van der Waals surface area contributed by atoms with Gasteiger partial charge in [-0.2, -0.15) is 0 Å². The van der Waals surface area contributed by atoms with Gasteiger partial charge >= 0.3 is 6.01 Å². The molecule has 0 aliphatic carbocycles. The van der Waals surface area contributed by atoms with E-state index in [1.165, 1.54) is 12.1 Å². The fraction of sp³-hybridized carbons (Fsp3) is 0.211. The summed E-state index contributed by atoms with van der Waals surface area (Å²) in [6.45, 7) is 4.23. The highest BCUT2D eigenvalue weighted by atomic mass is 32.2. The third kappa shape index (κ3) is 4.92. The summed E-state index contributed by atoms with van der Waals surface area (Å²) < 4.78 is 18.4. The first-order valence-electron chi connectivity index (χ1n) is 8.14. The normalized spacial score (nSPS) is 10.9. The van der Waals surface area contributed by atoms with Crippen LogP contribution in [0.4, 0.5) is 10.4 Å². The van der Waals surface area contributed by atoms with Crippen LogP contribution in [0.25, 0.3) is 0 Å². The quantitative estimate of drug-likeness (QED) is 0.644. The lowest BCUT2D eigenvalue weighted by molar-refractivity contribution is 0.102. The van der Waals surface area contributed by atoms with E-state index >= 15 is 0 Å². The Balaban J connectivity index is 1.61. The minimum absolute atomic E-state index is 0.0349. The SMILES string of the molecule is CC(C)Sc1ccc(C(=O)Nc2nnc(Cc3ccc(F)cc3)o2)cc1. The second-order valence-corrected chi connectivity index (χ2v) is 7.60. The van der Waals surface area contributed by atoms with E-state index in [4.69, 9.17) is 4.42 Å². The minimum Gasteiger partial charge on any atom is -0.407 e. The molecule has 0 saturated carbocycles. The van der Waals surface area contributed by atoms with Crippen LogP contribution in [0, 0.1) is 5.82 Å². The molecule has 0 unspecified atom stereocenters. The zero-order valence-electron chi connectivity index (χ0n) is 14.4. The Morgan fingerprint density at radius 2 is 1.81 bits per heavy atom. The third-order valence-electron chi connectivity index (χ3n) is 3.44. The van der Waals surface area contributed by atoms with Crippen LogP contribution in [0.2, 0.25) is 0 Å². The maximum atomic E-state index is 12.9. The van der Waals surface area contributed by atoms with Crippen molar-refractivity contribution in [1.29, 1.82) is 0 Å². The van der Waals surface area contributed by atoms with Crippen molar-refractivity contribution < 1.29 is 13.6 Å². The van der Waals surface area contributed by atoms with Crippen LogP contribution >= 0.6 is 11.8 Å². The molecule has 7 heteroatoms. The van der Waals surface area contributed by atoms with Crippen molar-refractivity contribution in [3.05, 3.63) is 71.4 Å². The Morgan fingerprint density at radius 1 is 1.12 bits per heavy atom. The number of carbonyl (C=O) groups excluding carboxylic acids is 1. The Morgan fingerprint density at radius 3 is 2.46 bits per heavy atom. The predicted octanol–water partition coefficient (Wildman–Crippen LogP) is 4.55. The van der Waals surface area contributed by atoms with Gasteiger partial charge in [-0.05, 0) is 42.0 Å². The summed E-state index contributed by atoms with van der Waals surface area (Å²) in [5.41, 5.74) is 1.35. The smallest absolute Gasteiger partial charge is 0.322 e. The number of hydrogen-bond donors (Lipinski definition) is 1. The van der Waals surface area contributed by atoms with Crippen LogP contribution in [0.5, 0.6) is 0 Å². The highest BCUT2D eigenvalue weighted by Gasteiger charge is 2.12. The summed E-state index contributed by atoms with van der Waals surface area (Å²) in [4.78, 5) is 13.4. The molecule has 1 heterocycles. The number of aromatic nitrogens is 2. The number of rotatable bonds is 6. The molecule has 0 fully saturated rings. The van der Waals surface area contributed by atoms with Gasteiger partial charge in [0.25, 0.3) is 5.91 Å². The molecule has 5 nitrogen and oxygen atoms in total. The molecule has 0 atom stereocenters. The fourth-order valence-electron chi connectivity index (χ4n) is 2.28. The van der Waals surface area contributed by atoms with Crippen molar-refractivity contribution in [3.8, 4) is 0 Å². The van der Waals surface area contributed by atoms with E-state index in [0.29, 0.717) is 23.1 Å². The van der Waals surface area contributed by atoms with Crippen LogP contribution in [0.3, 0.4) is 0 Å². The van der Waals surface area contributed by atoms with Crippen LogP contribution in [-0.4, -0.2) is 21.4 Å². The molecule has 134 valence electrons. The molecular formula is C19H18FN3O2S. The van der Waals surface area contributed by atoms with E-state index in [9.17, 15) is 9.18 Å². The molecule has 0 radical (unpaired) electrons. The molecule has 0 bridgehead atoms. The van der Waals surface area contributed by atoms with Gasteiger partial charge in [-0.25, -0.2) is 4.39 Å². The molecule has 1 N–H and O–H groups in total. The first-order chi connectivity index (χ1) is 12.5. The number of nitrogens with zero attached hydrogens (tertiary/aromatic N) is 2. The maximum absolute atomic E-state index is 12.9. The summed E-state index contributed by atoms with van der Waals surface area (Å²) in [6, 6.07) is 13.4. The second-order valence-electron chi connectivity index (χ2n) is 5.95. The van der Waals surface area contributed by atoms with Gasteiger partial charge in [-0.3, -0.25) is 10.1 Å². The second kappa shape index (κ2) is 8.14. The molecular weight excluding hydrogens is 353 g/mol. The summed E-state index contributed by atoms with van der Waals surface area (Å²) in [5, 5.41) is 10.8. The number of thioether (sulfide) groups is 1. The Kier molecular flexibility index (Phi) is 5.68. The highest BCUT2D eigenvalue weighted by molar-refractivity contribution is 7.99. The number of nitrogens with one attached hydrogen (secondary N) is 1. The maximum Gasteiger partial charge on any atom is 0.322 e. The van der Waals surface area contributed by atoms with Crippen LogP contribution < -0.4 is 5.32 Å². The van der Waals surface area contributed by atoms with Crippen LogP contribution in [0.1, 0.15) is 35.7 Å². The van der Waals surface area contributed by atoms with Crippen molar-refractivity contribution in [2.24, 2.45) is 0 Å². The van der Waals surface area contributed by atoms with Crippen molar-refractivity contribution >= 4 is 23.7 Å². The predicted molar refractivity (Wildman–Crippen MR) is 98.9 cm³/mol. The Labute approximate surface area is 155 Å². The third-order valence-corrected chi connectivity index (χ3v) is 4.46. The molecule has 0 saturated heterocycles. The van der Waals surface area contributed by atoms with E-state index in [1.54, 1.807) is 36.0 Å². The Bertz CT molecular complexity index is 877. The van der Waals surface area contributed by atoms with Gasteiger partial charge in [0, 0.05) is 15.7 Å². The van der Waals surface area contributed by atoms with Crippen molar-refractivity contribution in [2.45, 2.75) is 30.4 Å². The number of amides is 1. The summed E-state index contributed by atoms with van der Waals surface area (Å²) in [7, 11) is 0. The average Bonchev–Trinajstić information content (AvgIpc) is 3.04. The number of anilines is 1. The number of benzene rings is 2. The molecule has 1 amide bonds. The highest BCUT2D eigenvalue weighted by Crippen LogP contribution is 2.23. The van der Waals surface area contributed by atoms with Gasteiger partial charge < -0.3 is 4.42 Å². The van der Waals surface area contributed by atoms with Crippen molar-refractivity contribution in [2.75, 3.05) is 5.32 Å². The first kappa shape index (κ1) is 18.1. The number of halogens is 1. The van der Waals surface area contributed by atoms with Crippen molar-refractivity contribution in [3.63, 3.8) is 0 Å². The molecule has 2 aromatic carbocycles. The minimum atomic E-state index is -0.317. The van der Waals surface area contributed by atoms with E-state index in [0.717, 1.165) is 10.5 Å². The van der Waals surface area contributed by atoms with Gasteiger partial charge in [0.2, 0.25) is 5.89 Å². The van der Waals surface area contributed by atoms with Crippen molar-refractivity contribution in [1.82, 2.24) is 10.2 Å². The van der Waals surface area contributed by atoms with Crippen LogP contribution in [0.15, 0.2) is 57.8 Å². The van der Waals surface area contributed by atoms with Gasteiger partial charge in [0.15, 0.2) is 0 Å². The monoisotopic (exact) mass is 371 g/mol. The van der Waals surface area contributed by atoms with E-state index in [1.807, 2.05) is 12.1 Å². The molecule has 0 aliphatic heterocycles. The topological polar surface area (TPSA) is 68.0 Å². The molecule has 0 aliphatic rings. The largest absolute Gasteiger partial charge is 0.407 e. The molecule has 1 aromatic heterocycles. The summed E-state index contributed by atoms with van der Waals surface area (Å²) in [5.74, 6) is -0.274. The van der Waals surface area contributed by atoms with E-state index in [2.05, 4.69) is 29.4 Å². The van der Waals surface area contributed by atoms with E-state index < -0.39 is 0 Å². The van der Waals surface area contributed by atoms with Gasteiger partial charge in [0.1, 0.15) is 5.82 Å². The average molecular weight is 371 g/mol. The van der Waals surface area contributed by atoms with Gasteiger partial charge in [-0.15, -0.1) is 16.9 Å². The molecule has 0 spiro atoms. The molecule has 3 aromatic rings. The zero-order chi connectivity index (χ0) is 18.5. The van der Waals surface area contributed by atoms with E-state index in [-0.39, 0.29) is 17.7 Å².